The number of hydrogen-bond donors (Lipinski definition) is 2. The molecule has 154 valence electrons. The molecule has 0 saturated carbocycles. The highest BCUT2D eigenvalue weighted by molar-refractivity contribution is 5.89. The third kappa shape index (κ3) is 6.19. The Labute approximate surface area is 169 Å². The summed E-state index contributed by atoms with van der Waals surface area (Å²) in [5, 5.41) is 6.05. The molecule has 2 N–H and O–H groups in total. The van der Waals surface area contributed by atoms with Gasteiger partial charge >= 0.3 is 0 Å². The van der Waals surface area contributed by atoms with E-state index in [1.54, 1.807) is 24.3 Å². The van der Waals surface area contributed by atoms with E-state index >= 15 is 0 Å². The van der Waals surface area contributed by atoms with Crippen LogP contribution in [-0.4, -0.2) is 31.3 Å². The highest BCUT2D eigenvalue weighted by atomic mass is 19.1. The summed E-state index contributed by atoms with van der Waals surface area (Å²) in [5.74, 6) is -1.24. The molecule has 0 unspecified atom stereocenters. The van der Waals surface area contributed by atoms with E-state index in [0.717, 1.165) is 11.1 Å². The van der Waals surface area contributed by atoms with Gasteiger partial charge in [0.1, 0.15) is 17.4 Å². The van der Waals surface area contributed by atoms with Gasteiger partial charge in [-0.1, -0.05) is 24.3 Å². The van der Waals surface area contributed by atoms with Crippen LogP contribution < -0.4 is 10.6 Å². The number of carbonyl (C=O) groups is 2. The van der Waals surface area contributed by atoms with E-state index in [1.165, 1.54) is 24.3 Å². The summed E-state index contributed by atoms with van der Waals surface area (Å²) in [6.07, 6.45) is 2.41. The lowest BCUT2D eigenvalue weighted by Crippen LogP contribution is -2.38. The van der Waals surface area contributed by atoms with Crippen LogP contribution in [0.5, 0.6) is 0 Å². The van der Waals surface area contributed by atoms with Gasteiger partial charge in [-0.15, -0.1) is 0 Å². The van der Waals surface area contributed by atoms with Gasteiger partial charge in [0.2, 0.25) is 5.91 Å². The Bertz CT molecular complexity index is 752. The Balaban J connectivity index is 1.42. The van der Waals surface area contributed by atoms with Crippen LogP contribution in [0.1, 0.15) is 24.0 Å². The first kappa shape index (κ1) is 21.1. The van der Waals surface area contributed by atoms with Crippen molar-refractivity contribution in [1.82, 2.24) is 10.6 Å². The molecule has 3 rings (SSSR count). The minimum Gasteiger partial charge on any atom is -0.355 e. The Hall–Kier alpha value is -2.60. The van der Waals surface area contributed by atoms with Crippen LogP contribution in [0, 0.1) is 23.5 Å². The zero-order valence-electron chi connectivity index (χ0n) is 16.3. The van der Waals surface area contributed by atoms with Crippen LogP contribution in [0.25, 0.3) is 0 Å². The first-order valence-electron chi connectivity index (χ1n) is 10.0. The molecule has 6 heteroatoms. The smallest absolute Gasteiger partial charge is 0.225 e. The summed E-state index contributed by atoms with van der Waals surface area (Å²) in [5.41, 5.74) is 1.95. The molecular weight excluding hydrogens is 374 g/mol. The first-order chi connectivity index (χ1) is 14.0. The van der Waals surface area contributed by atoms with Crippen LogP contribution in [0.4, 0.5) is 8.78 Å². The number of benzene rings is 2. The number of aryl methyl sites for hydroxylation is 1. The van der Waals surface area contributed by atoms with Crippen molar-refractivity contribution in [2.75, 3.05) is 19.6 Å². The summed E-state index contributed by atoms with van der Waals surface area (Å²) in [6.45, 7) is 1.47. The molecule has 1 aliphatic rings. The molecule has 2 aromatic rings. The number of Topliss-reactive ketones (excluding diaryl/α,β-unsaturated/α-hetero) is 1. The van der Waals surface area contributed by atoms with Crippen LogP contribution in [0.3, 0.4) is 0 Å². The highest BCUT2D eigenvalue weighted by Gasteiger charge is 2.36. The van der Waals surface area contributed by atoms with Crippen molar-refractivity contribution in [3.8, 4) is 0 Å². The molecule has 2 atom stereocenters. The average Bonchev–Trinajstić information content (AvgIpc) is 3.21. The minimum atomic E-state index is -0.360. The van der Waals surface area contributed by atoms with E-state index in [2.05, 4.69) is 10.6 Å². The molecule has 2 aromatic carbocycles. The minimum absolute atomic E-state index is 0.0933. The average molecular weight is 400 g/mol. The van der Waals surface area contributed by atoms with Gasteiger partial charge in [0.05, 0.1) is 5.92 Å². The van der Waals surface area contributed by atoms with E-state index in [4.69, 9.17) is 0 Å². The van der Waals surface area contributed by atoms with Crippen molar-refractivity contribution >= 4 is 11.7 Å². The number of carbonyl (C=O) groups excluding carboxylic acids is 2. The van der Waals surface area contributed by atoms with E-state index in [-0.39, 0.29) is 35.2 Å². The summed E-state index contributed by atoms with van der Waals surface area (Å²) < 4.78 is 25.9. The monoisotopic (exact) mass is 400 g/mol. The maximum atomic E-state index is 12.9. The number of halogens is 2. The molecule has 1 heterocycles. The fourth-order valence-corrected chi connectivity index (χ4v) is 3.71. The predicted octanol–water partition coefficient (Wildman–Crippen LogP) is 3.05. The molecule has 0 aromatic heterocycles. The van der Waals surface area contributed by atoms with E-state index < -0.39 is 0 Å². The van der Waals surface area contributed by atoms with E-state index in [9.17, 15) is 18.4 Å². The summed E-state index contributed by atoms with van der Waals surface area (Å²) in [7, 11) is 0. The van der Waals surface area contributed by atoms with Crippen LogP contribution in [0.2, 0.25) is 0 Å². The maximum absolute atomic E-state index is 12.9. The largest absolute Gasteiger partial charge is 0.355 e. The Morgan fingerprint density at radius 3 is 2.03 bits per heavy atom. The van der Waals surface area contributed by atoms with Crippen molar-refractivity contribution in [2.24, 2.45) is 11.8 Å². The second-order valence-electron chi connectivity index (χ2n) is 7.49. The number of amides is 1. The van der Waals surface area contributed by atoms with Gasteiger partial charge in [-0.05, 0) is 54.7 Å². The van der Waals surface area contributed by atoms with Crippen molar-refractivity contribution in [3.63, 3.8) is 0 Å². The molecule has 0 aliphatic carbocycles. The van der Waals surface area contributed by atoms with E-state index in [1.807, 2.05) is 0 Å². The normalized spacial score (nSPS) is 18.6. The van der Waals surface area contributed by atoms with Crippen molar-refractivity contribution in [3.05, 3.63) is 71.3 Å². The predicted molar refractivity (Wildman–Crippen MR) is 107 cm³/mol. The number of hydrogen-bond acceptors (Lipinski definition) is 3. The summed E-state index contributed by atoms with van der Waals surface area (Å²) >= 11 is 0. The number of ketones is 1. The Morgan fingerprint density at radius 1 is 0.862 bits per heavy atom. The lowest BCUT2D eigenvalue weighted by atomic mass is 9.88. The standard InChI is InChI=1S/C23H26F2N2O2/c24-18-8-4-16(5-9-18)2-1-3-22(28)20-14-26-15-21(20)23(29)27-13-12-17-6-10-19(25)11-7-17/h4-11,20-21,26H,1-3,12-15H2,(H,27,29)/t20-,21-/m1/s1. The fraction of sp³-hybridized carbons (Fsp3) is 0.391. The van der Waals surface area contributed by atoms with Gasteiger partial charge in [0, 0.05) is 32.0 Å². The van der Waals surface area contributed by atoms with Crippen LogP contribution in [-0.2, 0) is 22.4 Å². The lowest BCUT2D eigenvalue weighted by molar-refractivity contribution is -0.131. The van der Waals surface area contributed by atoms with Crippen LogP contribution >= 0.6 is 0 Å². The van der Waals surface area contributed by atoms with Gasteiger partial charge in [-0.3, -0.25) is 9.59 Å². The molecule has 29 heavy (non-hydrogen) atoms. The fourth-order valence-electron chi connectivity index (χ4n) is 3.71. The van der Waals surface area contributed by atoms with Gasteiger partial charge in [0.25, 0.3) is 0 Å². The molecule has 0 spiro atoms. The van der Waals surface area contributed by atoms with Gasteiger partial charge in [-0.2, -0.15) is 0 Å². The van der Waals surface area contributed by atoms with Crippen molar-refractivity contribution in [2.45, 2.75) is 25.7 Å². The Kier molecular flexibility index (Phi) is 7.47. The van der Waals surface area contributed by atoms with Gasteiger partial charge in [0.15, 0.2) is 0 Å². The molecule has 1 saturated heterocycles. The topological polar surface area (TPSA) is 58.2 Å². The highest BCUT2D eigenvalue weighted by Crippen LogP contribution is 2.21. The summed E-state index contributed by atoms with van der Waals surface area (Å²) in [4.78, 5) is 25.1. The molecule has 1 fully saturated rings. The molecular formula is C23H26F2N2O2. The first-order valence-corrected chi connectivity index (χ1v) is 10.0. The van der Waals surface area contributed by atoms with E-state index in [0.29, 0.717) is 45.3 Å². The Morgan fingerprint density at radius 2 is 1.41 bits per heavy atom. The number of rotatable bonds is 9. The van der Waals surface area contributed by atoms with Crippen LogP contribution in [0.15, 0.2) is 48.5 Å². The zero-order chi connectivity index (χ0) is 20.6. The zero-order valence-corrected chi connectivity index (χ0v) is 16.3. The van der Waals surface area contributed by atoms with Crippen molar-refractivity contribution < 1.29 is 18.4 Å². The molecule has 1 aliphatic heterocycles. The maximum Gasteiger partial charge on any atom is 0.225 e. The van der Waals surface area contributed by atoms with Gasteiger partial charge < -0.3 is 10.6 Å². The van der Waals surface area contributed by atoms with Crippen molar-refractivity contribution in [1.29, 1.82) is 0 Å². The summed E-state index contributed by atoms with van der Waals surface area (Å²) in [6, 6.07) is 12.5. The third-order valence-corrected chi connectivity index (χ3v) is 5.39. The SMILES string of the molecule is O=C(CCCc1ccc(F)cc1)[C@@H]1CNC[C@H]1C(=O)NCCc1ccc(F)cc1. The van der Waals surface area contributed by atoms with Gasteiger partial charge in [-0.25, -0.2) is 8.78 Å². The lowest BCUT2D eigenvalue weighted by Gasteiger charge is -2.17. The second-order valence-corrected chi connectivity index (χ2v) is 7.49. The number of nitrogens with one attached hydrogen (secondary N) is 2. The third-order valence-electron chi connectivity index (χ3n) is 5.39. The quantitative estimate of drug-likeness (QED) is 0.680. The molecule has 0 bridgehead atoms. The molecule has 1 amide bonds. The molecule has 4 nitrogen and oxygen atoms in total. The second kappa shape index (κ2) is 10.3. The molecule has 0 radical (unpaired) electrons.